The first-order chi connectivity index (χ1) is 5.24. The lowest BCUT2D eigenvalue weighted by Crippen LogP contribution is -1.92. The Morgan fingerprint density at radius 2 is 2.36 bits per heavy atom. The molecule has 1 rings (SSSR count). The number of rotatable bonds is 3. The van der Waals surface area contributed by atoms with Gasteiger partial charge in [-0.25, -0.2) is 4.79 Å². The van der Waals surface area contributed by atoms with Gasteiger partial charge in [-0.3, -0.25) is 0 Å². The fourth-order valence-electron chi connectivity index (χ4n) is 0.720. The molecule has 0 saturated heterocycles. The molecule has 1 aromatic rings. The van der Waals surface area contributed by atoms with Gasteiger partial charge in [-0.05, 0) is 12.1 Å². The Labute approximate surface area is 72.1 Å². The Bertz CT molecular complexity index is 254. The van der Waals surface area contributed by atoms with Crippen molar-refractivity contribution in [2.24, 2.45) is 0 Å². The first-order valence-electron chi connectivity index (χ1n) is 3.12. The van der Waals surface area contributed by atoms with Crippen LogP contribution in [-0.2, 0) is 6.42 Å². The summed E-state index contributed by atoms with van der Waals surface area (Å²) in [6.07, 6.45) is 0.716. The summed E-state index contributed by atoms with van der Waals surface area (Å²) < 4.78 is 4.96. The van der Waals surface area contributed by atoms with Gasteiger partial charge in [-0.1, -0.05) is 15.9 Å². The zero-order valence-electron chi connectivity index (χ0n) is 5.71. The first-order valence-corrected chi connectivity index (χ1v) is 4.24. The smallest absolute Gasteiger partial charge is 0.371 e. The molecule has 0 fully saturated rings. The minimum Gasteiger partial charge on any atom is -0.475 e. The van der Waals surface area contributed by atoms with Crippen LogP contribution in [0.1, 0.15) is 16.3 Å². The average molecular weight is 219 g/mol. The third-order valence-electron chi connectivity index (χ3n) is 1.21. The normalized spacial score (nSPS) is 9.91. The molecule has 0 amide bonds. The number of aromatic carboxylic acids is 1. The molecule has 0 atom stereocenters. The van der Waals surface area contributed by atoms with E-state index in [4.69, 9.17) is 9.52 Å². The second-order valence-corrected chi connectivity index (χ2v) is 2.80. The van der Waals surface area contributed by atoms with Crippen LogP contribution >= 0.6 is 15.9 Å². The molecule has 4 heteroatoms. The Morgan fingerprint density at radius 3 is 2.82 bits per heavy atom. The van der Waals surface area contributed by atoms with E-state index in [9.17, 15) is 4.79 Å². The Kier molecular flexibility index (Phi) is 2.70. The van der Waals surface area contributed by atoms with E-state index in [2.05, 4.69) is 15.9 Å². The van der Waals surface area contributed by atoms with Crippen molar-refractivity contribution in [1.29, 1.82) is 0 Å². The van der Waals surface area contributed by atoms with E-state index in [1.54, 1.807) is 6.07 Å². The molecule has 11 heavy (non-hydrogen) atoms. The molecule has 0 unspecified atom stereocenters. The standard InChI is InChI=1S/C7H7BrO3/c8-4-3-5-1-2-6(11-5)7(9)10/h1-2H,3-4H2,(H,9,10). The van der Waals surface area contributed by atoms with Crippen LogP contribution in [0.25, 0.3) is 0 Å². The summed E-state index contributed by atoms with van der Waals surface area (Å²) in [5.74, 6) is -0.328. The van der Waals surface area contributed by atoms with Gasteiger partial charge >= 0.3 is 5.97 Å². The summed E-state index contributed by atoms with van der Waals surface area (Å²) in [6.45, 7) is 0. The second-order valence-electron chi connectivity index (χ2n) is 2.01. The molecule has 0 aliphatic carbocycles. The lowest BCUT2D eigenvalue weighted by atomic mass is 10.3. The molecular weight excluding hydrogens is 212 g/mol. The van der Waals surface area contributed by atoms with Gasteiger partial charge < -0.3 is 9.52 Å². The van der Waals surface area contributed by atoms with Crippen LogP contribution in [0, 0.1) is 0 Å². The lowest BCUT2D eigenvalue weighted by Gasteiger charge is -1.88. The van der Waals surface area contributed by atoms with E-state index >= 15 is 0 Å². The van der Waals surface area contributed by atoms with Gasteiger partial charge in [0.1, 0.15) is 5.76 Å². The van der Waals surface area contributed by atoms with Crippen molar-refractivity contribution in [3.63, 3.8) is 0 Å². The third-order valence-corrected chi connectivity index (χ3v) is 1.61. The van der Waals surface area contributed by atoms with E-state index in [0.717, 1.165) is 5.33 Å². The summed E-state index contributed by atoms with van der Waals surface area (Å²) in [5.41, 5.74) is 0. The Morgan fingerprint density at radius 1 is 1.64 bits per heavy atom. The van der Waals surface area contributed by atoms with Crippen LogP contribution in [-0.4, -0.2) is 16.4 Å². The predicted octanol–water partition coefficient (Wildman–Crippen LogP) is 1.92. The third kappa shape index (κ3) is 2.08. The number of hydrogen-bond acceptors (Lipinski definition) is 2. The maximum absolute atomic E-state index is 10.3. The number of furan rings is 1. The zero-order valence-corrected chi connectivity index (χ0v) is 7.30. The summed E-state index contributed by atoms with van der Waals surface area (Å²) >= 11 is 3.22. The van der Waals surface area contributed by atoms with Crippen LogP contribution in [0.5, 0.6) is 0 Å². The van der Waals surface area contributed by atoms with Crippen molar-refractivity contribution in [1.82, 2.24) is 0 Å². The SMILES string of the molecule is O=C(O)c1ccc(CCBr)o1. The van der Waals surface area contributed by atoms with E-state index in [1.807, 2.05) is 0 Å². The number of halogens is 1. The van der Waals surface area contributed by atoms with Gasteiger partial charge in [0.05, 0.1) is 0 Å². The maximum Gasteiger partial charge on any atom is 0.371 e. The summed E-state index contributed by atoms with van der Waals surface area (Å²) in [7, 11) is 0. The van der Waals surface area contributed by atoms with E-state index in [0.29, 0.717) is 12.2 Å². The summed E-state index contributed by atoms with van der Waals surface area (Å²) in [6, 6.07) is 3.13. The van der Waals surface area contributed by atoms with Crippen LogP contribution in [0.4, 0.5) is 0 Å². The molecule has 1 aromatic heterocycles. The molecule has 0 aliphatic heterocycles. The second kappa shape index (κ2) is 3.57. The highest BCUT2D eigenvalue weighted by Gasteiger charge is 2.07. The number of aryl methyl sites for hydroxylation is 1. The van der Waals surface area contributed by atoms with Gasteiger partial charge in [-0.2, -0.15) is 0 Å². The number of alkyl halides is 1. The number of carbonyl (C=O) groups is 1. The zero-order chi connectivity index (χ0) is 8.27. The molecule has 1 heterocycles. The first kappa shape index (κ1) is 8.33. The van der Waals surface area contributed by atoms with Crippen LogP contribution in [0.3, 0.4) is 0 Å². The molecule has 60 valence electrons. The molecule has 0 aliphatic rings. The number of hydrogen-bond donors (Lipinski definition) is 1. The van der Waals surface area contributed by atoms with Gasteiger partial charge in [0.2, 0.25) is 5.76 Å². The van der Waals surface area contributed by atoms with Crippen LogP contribution in [0.2, 0.25) is 0 Å². The molecule has 0 radical (unpaired) electrons. The number of carboxylic acids is 1. The van der Waals surface area contributed by atoms with E-state index in [-0.39, 0.29) is 5.76 Å². The van der Waals surface area contributed by atoms with Crippen molar-refractivity contribution < 1.29 is 14.3 Å². The highest BCUT2D eigenvalue weighted by molar-refractivity contribution is 9.09. The highest BCUT2D eigenvalue weighted by atomic mass is 79.9. The molecule has 0 spiro atoms. The highest BCUT2D eigenvalue weighted by Crippen LogP contribution is 2.08. The lowest BCUT2D eigenvalue weighted by molar-refractivity contribution is 0.0660. The van der Waals surface area contributed by atoms with E-state index < -0.39 is 5.97 Å². The number of carboxylic acid groups (broad SMARTS) is 1. The quantitative estimate of drug-likeness (QED) is 0.790. The molecule has 1 N–H and O–H groups in total. The molecule has 0 aromatic carbocycles. The topological polar surface area (TPSA) is 50.4 Å². The minimum atomic E-state index is -1.02. The van der Waals surface area contributed by atoms with Crippen molar-refractivity contribution in [2.75, 3.05) is 5.33 Å². The Hall–Kier alpha value is -0.770. The Balaban J connectivity index is 2.73. The monoisotopic (exact) mass is 218 g/mol. The molecular formula is C7H7BrO3. The minimum absolute atomic E-state index is 0.000880. The van der Waals surface area contributed by atoms with Crippen LogP contribution < -0.4 is 0 Å². The molecule has 0 saturated carbocycles. The average Bonchev–Trinajstić information content (AvgIpc) is 2.37. The van der Waals surface area contributed by atoms with Crippen molar-refractivity contribution in [3.8, 4) is 0 Å². The fraction of sp³-hybridized carbons (Fsp3) is 0.286. The van der Waals surface area contributed by atoms with Gasteiger partial charge in [0.15, 0.2) is 0 Å². The molecule has 3 nitrogen and oxygen atoms in total. The van der Waals surface area contributed by atoms with Gasteiger partial charge in [0.25, 0.3) is 0 Å². The van der Waals surface area contributed by atoms with Crippen LogP contribution in [0.15, 0.2) is 16.5 Å². The van der Waals surface area contributed by atoms with Crippen molar-refractivity contribution in [3.05, 3.63) is 23.7 Å². The van der Waals surface area contributed by atoms with Crippen molar-refractivity contribution in [2.45, 2.75) is 6.42 Å². The maximum atomic E-state index is 10.3. The summed E-state index contributed by atoms with van der Waals surface area (Å²) in [4.78, 5) is 10.3. The molecule has 0 bridgehead atoms. The van der Waals surface area contributed by atoms with E-state index in [1.165, 1.54) is 6.07 Å². The fourth-order valence-corrected chi connectivity index (χ4v) is 1.11. The van der Waals surface area contributed by atoms with Crippen molar-refractivity contribution >= 4 is 21.9 Å². The summed E-state index contributed by atoms with van der Waals surface area (Å²) in [5, 5.41) is 9.24. The van der Waals surface area contributed by atoms with Gasteiger partial charge in [0, 0.05) is 11.8 Å². The predicted molar refractivity (Wildman–Crippen MR) is 43.2 cm³/mol. The largest absolute Gasteiger partial charge is 0.475 e. The van der Waals surface area contributed by atoms with Gasteiger partial charge in [-0.15, -0.1) is 0 Å².